The van der Waals surface area contributed by atoms with Crippen molar-refractivity contribution in [1.82, 2.24) is 46.8 Å². The Labute approximate surface area is 424 Å². The standard InChI is InChI=1S/C45H61N13O12S2/c46-28(19-36(60)61)37(62)52-29(8-4-14-50-45(47)48)38(63)56-33(21-71)40(65)53-30(16-25-10-12-27(59)13-11-25)39(64)57-34(22-72)41(66)54-31(18-26-20-49-23-51-26)43(68)58-15-5-9-35(58)42(67)55-32(44(69)70)17-24-6-2-1-3-7-24/h1-3,6-7,10-13,20,23,28-35,59,71-72H,4-5,8-9,14-19,21-22,46H2,(H,49,51)(H,52,62)(H,53,65)(H,54,66)(H,55,67)(H,56,63)(H,57,64)(H,60,61)(H,69,70)(H4,47,48,50)/t28-,29-,30-,31-,32-,33-,34-,35-/m0/s1. The molecule has 0 spiro atoms. The van der Waals surface area contributed by atoms with E-state index in [0.717, 1.165) is 0 Å². The van der Waals surface area contributed by atoms with E-state index >= 15 is 0 Å². The number of hydrogen-bond donors (Lipinski definition) is 15. The maximum absolute atomic E-state index is 14.4. The molecule has 0 bridgehead atoms. The summed E-state index contributed by atoms with van der Waals surface area (Å²) in [5.74, 6) is -9.56. The van der Waals surface area contributed by atoms with E-state index in [1.807, 2.05) is 0 Å². The molecule has 4 rings (SSSR count). The van der Waals surface area contributed by atoms with Crippen molar-refractivity contribution in [2.24, 2.45) is 22.2 Å². The van der Waals surface area contributed by atoms with Gasteiger partial charge in [-0.05, 0) is 48.9 Å². The highest BCUT2D eigenvalue weighted by molar-refractivity contribution is 7.80. The number of carboxylic acids is 2. The van der Waals surface area contributed by atoms with Crippen molar-refractivity contribution in [3.63, 3.8) is 0 Å². The molecule has 72 heavy (non-hydrogen) atoms. The van der Waals surface area contributed by atoms with Crippen LogP contribution in [0.5, 0.6) is 5.75 Å². The first-order chi connectivity index (χ1) is 34.3. The zero-order valence-corrected chi connectivity index (χ0v) is 40.7. The fourth-order valence-electron chi connectivity index (χ4n) is 7.52. The number of aromatic amines is 1. The van der Waals surface area contributed by atoms with E-state index in [9.17, 15) is 53.4 Å². The normalized spacial score (nSPS) is 16.0. The number of carbonyl (C=O) groups is 9. The number of guanidine groups is 1. The van der Waals surface area contributed by atoms with E-state index in [1.54, 1.807) is 30.3 Å². The number of thiol groups is 2. The van der Waals surface area contributed by atoms with Crippen LogP contribution in [0.1, 0.15) is 48.9 Å². The van der Waals surface area contributed by atoms with Crippen LogP contribution in [0, 0.1) is 0 Å². The molecule has 27 heteroatoms. The Balaban J connectivity index is 1.52. The Morgan fingerprint density at radius 3 is 1.85 bits per heavy atom. The van der Waals surface area contributed by atoms with Gasteiger partial charge < -0.3 is 74.3 Å². The van der Waals surface area contributed by atoms with Crippen LogP contribution in [-0.4, -0.2) is 162 Å². The number of amides is 7. The van der Waals surface area contributed by atoms with Crippen molar-refractivity contribution in [2.75, 3.05) is 24.6 Å². The molecule has 2 aromatic carbocycles. The Kier molecular flexibility index (Phi) is 22.6. The lowest BCUT2D eigenvalue weighted by Crippen LogP contribution is -2.61. The Morgan fingerprint density at radius 1 is 0.722 bits per heavy atom. The second-order valence-electron chi connectivity index (χ2n) is 16.8. The number of phenolic OH excluding ortho intramolecular Hbond substituents is 1. The number of nitrogens with zero attached hydrogens (tertiary/aromatic N) is 3. The van der Waals surface area contributed by atoms with Crippen LogP contribution in [0.4, 0.5) is 0 Å². The van der Waals surface area contributed by atoms with E-state index in [1.165, 1.54) is 41.7 Å². The minimum absolute atomic E-state index is 0.0105. The first-order valence-electron chi connectivity index (χ1n) is 22.7. The summed E-state index contributed by atoms with van der Waals surface area (Å²) in [6, 6.07) is 3.38. The summed E-state index contributed by atoms with van der Waals surface area (Å²) in [5, 5.41) is 44.2. The van der Waals surface area contributed by atoms with Gasteiger partial charge in [0.05, 0.1) is 18.8 Å². The predicted molar refractivity (Wildman–Crippen MR) is 266 cm³/mol. The molecule has 2 heterocycles. The number of likely N-dealkylation sites (tertiary alicyclic amines) is 1. The third kappa shape index (κ3) is 18.1. The van der Waals surface area contributed by atoms with Crippen LogP contribution in [0.25, 0.3) is 0 Å². The smallest absolute Gasteiger partial charge is 0.326 e. The molecule has 390 valence electrons. The monoisotopic (exact) mass is 1040 g/mol. The Bertz CT molecular complexity index is 2380. The number of H-pyrrole nitrogens is 1. The van der Waals surface area contributed by atoms with Crippen molar-refractivity contribution in [1.29, 1.82) is 0 Å². The van der Waals surface area contributed by atoms with Gasteiger partial charge in [-0.1, -0.05) is 42.5 Å². The summed E-state index contributed by atoms with van der Waals surface area (Å²) in [5.41, 5.74) is 18.0. The number of aromatic nitrogens is 2. The number of carboxylic acid groups (broad SMARTS) is 2. The number of aliphatic carboxylic acids is 2. The molecule has 7 amide bonds. The van der Waals surface area contributed by atoms with E-state index in [2.05, 4.69) is 72.1 Å². The highest BCUT2D eigenvalue weighted by Gasteiger charge is 2.40. The third-order valence-electron chi connectivity index (χ3n) is 11.3. The molecule has 0 aliphatic carbocycles. The molecule has 16 N–H and O–H groups in total. The molecular formula is C45H61N13O12S2. The minimum Gasteiger partial charge on any atom is -0.508 e. The average molecular weight is 1040 g/mol. The molecule has 3 aromatic rings. The van der Waals surface area contributed by atoms with E-state index < -0.39 is 108 Å². The van der Waals surface area contributed by atoms with E-state index in [0.29, 0.717) is 23.2 Å². The number of aliphatic imine (C=N–C) groups is 1. The predicted octanol–water partition coefficient (Wildman–Crippen LogP) is -3.16. The van der Waals surface area contributed by atoms with Gasteiger partial charge in [0.2, 0.25) is 41.4 Å². The number of nitrogens with one attached hydrogen (secondary N) is 7. The summed E-state index contributed by atoms with van der Waals surface area (Å²) < 4.78 is 0. The number of nitrogens with two attached hydrogens (primary N) is 3. The van der Waals surface area contributed by atoms with E-state index in [-0.39, 0.29) is 74.8 Å². The largest absolute Gasteiger partial charge is 0.508 e. The number of rotatable bonds is 28. The van der Waals surface area contributed by atoms with Crippen LogP contribution < -0.4 is 49.1 Å². The van der Waals surface area contributed by atoms with Crippen LogP contribution >= 0.6 is 25.3 Å². The first kappa shape index (κ1) is 57.2. The van der Waals surface area contributed by atoms with Gasteiger partial charge in [0.15, 0.2) is 5.96 Å². The van der Waals surface area contributed by atoms with Crippen molar-refractivity contribution in [3.05, 3.63) is 83.9 Å². The summed E-state index contributed by atoms with van der Waals surface area (Å²) in [4.78, 5) is 132. The molecule has 0 saturated carbocycles. The van der Waals surface area contributed by atoms with Gasteiger partial charge in [-0.2, -0.15) is 25.3 Å². The number of aromatic hydroxyl groups is 1. The highest BCUT2D eigenvalue weighted by Crippen LogP contribution is 2.21. The zero-order valence-electron chi connectivity index (χ0n) is 38.9. The summed E-state index contributed by atoms with van der Waals surface area (Å²) in [6.45, 7) is 0.155. The molecule has 0 radical (unpaired) electrons. The van der Waals surface area contributed by atoms with Crippen molar-refractivity contribution < 1.29 is 58.5 Å². The molecule has 1 saturated heterocycles. The lowest BCUT2D eigenvalue weighted by Gasteiger charge is -2.30. The molecule has 1 fully saturated rings. The van der Waals surface area contributed by atoms with E-state index in [4.69, 9.17) is 22.3 Å². The van der Waals surface area contributed by atoms with Crippen LogP contribution in [0.2, 0.25) is 0 Å². The summed E-state index contributed by atoms with van der Waals surface area (Å²) in [7, 11) is 0. The zero-order chi connectivity index (χ0) is 52.9. The second kappa shape index (κ2) is 28.5. The van der Waals surface area contributed by atoms with Gasteiger partial charge in [0.25, 0.3) is 0 Å². The third-order valence-corrected chi connectivity index (χ3v) is 12.0. The number of imidazole rings is 1. The topological polar surface area (TPSA) is 409 Å². The van der Waals surface area contributed by atoms with Crippen molar-refractivity contribution >= 4 is 84.5 Å². The van der Waals surface area contributed by atoms with Crippen LogP contribution in [-0.2, 0) is 62.4 Å². The molecule has 1 aromatic heterocycles. The lowest BCUT2D eigenvalue weighted by atomic mass is 10.0. The van der Waals surface area contributed by atoms with Gasteiger partial charge in [-0.3, -0.25) is 43.3 Å². The fourth-order valence-corrected chi connectivity index (χ4v) is 8.04. The number of carbonyl (C=O) groups excluding carboxylic acids is 7. The molecule has 8 atom stereocenters. The molecule has 1 aliphatic heterocycles. The van der Waals surface area contributed by atoms with Gasteiger partial charge in [0.1, 0.15) is 48.0 Å². The van der Waals surface area contributed by atoms with Crippen molar-refractivity contribution in [3.8, 4) is 5.75 Å². The Hall–Kier alpha value is -7.39. The fraction of sp³-hybridized carbons (Fsp3) is 0.444. The average Bonchev–Trinajstić information content (AvgIpc) is 4.06. The van der Waals surface area contributed by atoms with Gasteiger partial charge in [-0.15, -0.1) is 0 Å². The number of hydrogen-bond acceptors (Lipinski definition) is 15. The Morgan fingerprint density at radius 2 is 1.28 bits per heavy atom. The number of phenols is 1. The first-order valence-corrected chi connectivity index (χ1v) is 24.0. The molecule has 0 unspecified atom stereocenters. The second-order valence-corrected chi connectivity index (χ2v) is 17.5. The quantitative estimate of drug-likeness (QED) is 0.0148. The summed E-state index contributed by atoms with van der Waals surface area (Å²) in [6.07, 6.45) is 2.35. The maximum Gasteiger partial charge on any atom is 0.326 e. The minimum atomic E-state index is -1.52. The van der Waals surface area contributed by atoms with Gasteiger partial charge >= 0.3 is 11.9 Å². The lowest BCUT2D eigenvalue weighted by molar-refractivity contribution is -0.145. The SMILES string of the molecule is NC(N)=NCCC[C@H](NC(=O)[C@@H](N)CC(=O)O)C(=O)N[C@@H](CS)C(=O)N[C@@H](Cc1ccc(O)cc1)C(=O)N[C@@H](CS)C(=O)N[C@@H](Cc1cnc[nH]1)C(=O)N1CCC[C@H]1C(=O)N[C@@H](Cc1ccccc1)C(=O)O. The molecular weight excluding hydrogens is 979 g/mol. The highest BCUT2D eigenvalue weighted by atomic mass is 32.1. The van der Waals surface area contributed by atoms with Gasteiger partial charge in [0, 0.05) is 55.7 Å². The van der Waals surface area contributed by atoms with Crippen LogP contribution in [0.15, 0.2) is 72.1 Å². The number of benzene rings is 2. The van der Waals surface area contributed by atoms with Crippen LogP contribution in [0.3, 0.4) is 0 Å². The maximum atomic E-state index is 14.4. The molecule has 25 nitrogen and oxygen atoms in total. The summed E-state index contributed by atoms with van der Waals surface area (Å²) >= 11 is 8.53. The van der Waals surface area contributed by atoms with Crippen molar-refractivity contribution in [2.45, 2.75) is 99.7 Å². The van der Waals surface area contributed by atoms with Gasteiger partial charge in [-0.25, -0.2) is 9.78 Å². The molecule has 1 aliphatic rings.